The Hall–Kier alpha value is -0.450. The van der Waals surface area contributed by atoms with Crippen LogP contribution < -0.4 is 0 Å². The molecule has 4 nitrogen and oxygen atoms in total. The molecule has 0 radical (unpaired) electrons. The van der Waals surface area contributed by atoms with Crippen molar-refractivity contribution in [3.05, 3.63) is 0 Å². The highest BCUT2D eigenvalue weighted by atomic mass is 31.2. The van der Waals surface area contributed by atoms with E-state index in [2.05, 4.69) is 4.52 Å². The largest absolute Gasteiger partial charge is 0.469 e. The van der Waals surface area contributed by atoms with Gasteiger partial charge in [-0.1, -0.05) is 0 Å². The van der Waals surface area contributed by atoms with Gasteiger partial charge in [-0.05, 0) is 0 Å². The Balaban J connectivity index is 5.06. The summed E-state index contributed by atoms with van der Waals surface area (Å²) in [6, 6.07) is 0. The maximum absolute atomic E-state index is 12.6. The summed E-state index contributed by atoms with van der Waals surface area (Å²) in [6.07, 6.45) is -16.1. The summed E-state index contributed by atoms with van der Waals surface area (Å²) in [7, 11) is -5.61. The third kappa shape index (κ3) is 6.82. The van der Waals surface area contributed by atoms with Crippen molar-refractivity contribution in [1.82, 2.24) is 0 Å². The fraction of sp³-hybridized carbons (Fsp3) is 1.00. The average molecular weight is 340 g/mol. The highest BCUT2D eigenvalue weighted by Gasteiger charge is 2.49. The fourth-order valence-corrected chi connectivity index (χ4v) is 1.66. The Kier molecular flexibility index (Phi) is 6.40. The van der Waals surface area contributed by atoms with Gasteiger partial charge in [0.05, 0.1) is 6.10 Å². The van der Waals surface area contributed by atoms with Gasteiger partial charge < -0.3 is 9.79 Å². The maximum Gasteiger partial charge on any atom is 0.469 e. The van der Waals surface area contributed by atoms with Crippen LogP contribution >= 0.6 is 7.82 Å². The van der Waals surface area contributed by atoms with Crippen LogP contribution in [0.25, 0.3) is 0 Å². The van der Waals surface area contributed by atoms with Crippen molar-refractivity contribution in [3.8, 4) is 0 Å². The molecule has 0 saturated carbocycles. The molecule has 0 bridgehead atoms. The molecule has 0 saturated heterocycles. The number of alkyl halides is 8. The van der Waals surface area contributed by atoms with Gasteiger partial charge in [-0.25, -0.2) is 39.7 Å². The Labute approximate surface area is 107 Å². The van der Waals surface area contributed by atoms with Crippen LogP contribution in [0, 0.1) is 0 Å². The lowest BCUT2D eigenvalue weighted by Crippen LogP contribution is -2.38. The van der Waals surface area contributed by atoms with Crippen molar-refractivity contribution < 1.29 is 54.0 Å². The van der Waals surface area contributed by atoms with Gasteiger partial charge in [-0.2, -0.15) is 0 Å². The van der Waals surface area contributed by atoms with Crippen LogP contribution in [-0.2, 0) is 9.09 Å². The molecule has 2 N–H and O–H groups in total. The number of phosphoric ester groups is 1. The number of halogens is 8. The monoisotopic (exact) mass is 340 g/mol. The molecule has 0 heterocycles. The second-order valence-corrected chi connectivity index (χ2v) is 4.94. The summed E-state index contributed by atoms with van der Waals surface area (Å²) in [5, 5.41) is 0. The van der Waals surface area contributed by atoms with Crippen molar-refractivity contribution in [3.63, 3.8) is 0 Å². The molecule has 0 aromatic carbocycles. The van der Waals surface area contributed by atoms with Gasteiger partial charge in [0.1, 0.15) is 0 Å². The molecule has 0 aliphatic carbocycles. The van der Waals surface area contributed by atoms with E-state index in [1.807, 2.05) is 0 Å². The smallest absolute Gasteiger partial charge is 0.303 e. The second kappa shape index (κ2) is 6.54. The van der Waals surface area contributed by atoms with Gasteiger partial charge in [0.2, 0.25) is 0 Å². The first-order chi connectivity index (χ1) is 8.67. The Morgan fingerprint density at radius 2 is 1.20 bits per heavy atom. The Bertz CT molecular complexity index is 335. The molecule has 0 atom stereocenters. The van der Waals surface area contributed by atoms with Crippen LogP contribution in [0.1, 0.15) is 12.8 Å². The molecule has 0 aromatic rings. The summed E-state index contributed by atoms with van der Waals surface area (Å²) < 4.78 is 112. The van der Waals surface area contributed by atoms with Crippen LogP contribution in [0.2, 0.25) is 0 Å². The summed E-state index contributed by atoms with van der Waals surface area (Å²) in [6.45, 7) is 0. The van der Waals surface area contributed by atoms with E-state index in [4.69, 9.17) is 9.79 Å². The fourth-order valence-electron chi connectivity index (χ4n) is 1.13. The minimum Gasteiger partial charge on any atom is -0.303 e. The van der Waals surface area contributed by atoms with Crippen LogP contribution in [0.5, 0.6) is 0 Å². The molecular formula is C7H9F8O4P. The molecule has 122 valence electrons. The SMILES string of the molecule is O=P(O)(O)OC(CC(F)(F)C(F)F)CC(F)(F)C(F)F. The van der Waals surface area contributed by atoms with E-state index in [-0.39, 0.29) is 0 Å². The van der Waals surface area contributed by atoms with Crippen LogP contribution in [-0.4, -0.2) is 40.6 Å². The van der Waals surface area contributed by atoms with E-state index in [1.165, 1.54) is 0 Å². The zero-order valence-electron chi connectivity index (χ0n) is 9.33. The highest BCUT2D eigenvalue weighted by Crippen LogP contribution is 2.44. The van der Waals surface area contributed by atoms with Crippen molar-refractivity contribution in [2.24, 2.45) is 0 Å². The first kappa shape index (κ1) is 19.6. The molecule has 0 aromatic heterocycles. The van der Waals surface area contributed by atoms with Crippen molar-refractivity contribution >= 4 is 7.82 Å². The molecule has 0 aliphatic heterocycles. The predicted molar refractivity (Wildman–Crippen MR) is 48.1 cm³/mol. The summed E-state index contributed by atoms with van der Waals surface area (Å²) in [4.78, 5) is 16.6. The third-order valence-corrected chi connectivity index (χ3v) is 2.50. The molecule has 0 fully saturated rings. The second-order valence-electron chi connectivity index (χ2n) is 3.75. The number of rotatable bonds is 8. The first-order valence-corrected chi connectivity index (χ1v) is 6.26. The summed E-state index contributed by atoms with van der Waals surface area (Å²) >= 11 is 0. The topological polar surface area (TPSA) is 66.8 Å². The standard InChI is InChI=1S/C7H9F8O4P/c8-4(9)6(12,13)1-3(19-20(16,17)18)2-7(14,15)5(10)11/h3-5H,1-2H2,(H2,16,17,18). The molecule has 13 heteroatoms. The van der Waals surface area contributed by atoms with Gasteiger partial charge in [0.25, 0.3) is 0 Å². The van der Waals surface area contributed by atoms with Crippen LogP contribution in [0.3, 0.4) is 0 Å². The number of hydrogen-bond acceptors (Lipinski definition) is 2. The first-order valence-electron chi connectivity index (χ1n) is 4.73. The van der Waals surface area contributed by atoms with E-state index in [1.54, 1.807) is 0 Å². The van der Waals surface area contributed by atoms with E-state index < -0.39 is 51.5 Å². The van der Waals surface area contributed by atoms with E-state index in [9.17, 15) is 39.7 Å². The third-order valence-electron chi connectivity index (χ3n) is 1.92. The molecule has 0 spiro atoms. The molecule has 0 amide bonds. The minimum absolute atomic E-state index is 2.25. The maximum atomic E-state index is 12.6. The highest BCUT2D eigenvalue weighted by molar-refractivity contribution is 7.46. The predicted octanol–water partition coefficient (Wildman–Crippen LogP) is 3.05. The average Bonchev–Trinajstić information content (AvgIpc) is 2.11. The number of phosphoric acid groups is 1. The zero-order valence-corrected chi connectivity index (χ0v) is 10.2. The quantitative estimate of drug-likeness (QED) is 0.527. The van der Waals surface area contributed by atoms with Crippen LogP contribution in [0.4, 0.5) is 35.1 Å². The van der Waals surface area contributed by atoms with Gasteiger partial charge in [-0.3, -0.25) is 4.52 Å². The van der Waals surface area contributed by atoms with Gasteiger partial charge in [0, 0.05) is 12.8 Å². The normalized spacial score (nSPS) is 14.7. The molecule has 0 unspecified atom stereocenters. The Morgan fingerprint density at radius 3 is 1.40 bits per heavy atom. The summed E-state index contributed by atoms with van der Waals surface area (Å²) in [5.74, 6) is -9.87. The number of hydrogen-bond donors (Lipinski definition) is 2. The minimum atomic E-state index is -5.61. The lowest BCUT2D eigenvalue weighted by Gasteiger charge is -2.26. The van der Waals surface area contributed by atoms with Crippen LogP contribution in [0.15, 0.2) is 0 Å². The van der Waals surface area contributed by atoms with Crippen molar-refractivity contribution in [1.29, 1.82) is 0 Å². The van der Waals surface area contributed by atoms with Gasteiger partial charge >= 0.3 is 32.5 Å². The van der Waals surface area contributed by atoms with Gasteiger partial charge in [-0.15, -0.1) is 0 Å². The summed E-state index contributed by atoms with van der Waals surface area (Å²) in [5.41, 5.74) is 0. The molecular weight excluding hydrogens is 331 g/mol. The molecule has 0 rings (SSSR count). The molecule has 0 aliphatic rings. The Morgan fingerprint density at radius 1 is 0.900 bits per heavy atom. The van der Waals surface area contributed by atoms with Crippen molar-refractivity contribution in [2.75, 3.05) is 0 Å². The lowest BCUT2D eigenvalue weighted by molar-refractivity contribution is -0.174. The van der Waals surface area contributed by atoms with E-state index in [0.717, 1.165) is 0 Å². The zero-order chi connectivity index (χ0) is 16.4. The van der Waals surface area contributed by atoms with Gasteiger partial charge in [0.15, 0.2) is 0 Å². The van der Waals surface area contributed by atoms with E-state index in [0.29, 0.717) is 0 Å². The molecule has 20 heavy (non-hydrogen) atoms. The van der Waals surface area contributed by atoms with Crippen molar-refractivity contribution in [2.45, 2.75) is 43.6 Å². The lowest BCUT2D eigenvalue weighted by atomic mass is 10.0. The van der Waals surface area contributed by atoms with E-state index >= 15 is 0 Å².